The molecule has 0 aliphatic carbocycles. The lowest BCUT2D eigenvalue weighted by Gasteiger charge is -2.40. The van der Waals surface area contributed by atoms with Crippen LogP contribution < -0.4 is 10.0 Å². The Kier molecular flexibility index (Phi) is 4.10. The lowest BCUT2D eigenvalue weighted by Crippen LogP contribution is -2.51. The van der Waals surface area contributed by atoms with Crippen molar-refractivity contribution in [3.8, 4) is 0 Å². The lowest BCUT2D eigenvalue weighted by atomic mass is 9.81. The van der Waals surface area contributed by atoms with E-state index in [0.717, 1.165) is 18.3 Å². The summed E-state index contributed by atoms with van der Waals surface area (Å²) in [6.07, 6.45) is -3.82. The fourth-order valence-electron chi connectivity index (χ4n) is 2.92. The van der Waals surface area contributed by atoms with E-state index in [9.17, 15) is 22.8 Å². The summed E-state index contributed by atoms with van der Waals surface area (Å²) >= 11 is 0. The molecule has 4 nitrogen and oxygen atoms in total. The van der Waals surface area contributed by atoms with E-state index in [1.54, 1.807) is 13.8 Å². The van der Waals surface area contributed by atoms with Gasteiger partial charge in [-0.05, 0) is 36.2 Å². The predicted octanol–water partition coefficient (Wildman–Crippen LogP) is 3.99. The van der Waals surface area contributed by atoms with E-state index < -0.39 is 28.7 Å². The van der Waals surface area contributed by atoms with Crippen molar-refractivity contribution in [2.24, 2.45) is 5.92 Å². The molecule has 1 aromatic carbocycles. The van der Waals surface area contributed by atoms with E-state index in [-0.39, 0.29) is 24.0 Å². The Morgan fingerprint density at radius 3 is 2.60 bits per heavy atom. The number of benzene rings is 1. The topological polar surface area (TPSA) is 48.2 Å². The molecular weight excluding hydrogens is 340 g/mol. The lowest BCUT2D eigenvalue weighted by molar-refractivity contribution is -0.591. The molecule has 0 bridgehead atoms. The quantitative estimate of drug-likeness (QED) is 0.514. The molecule has 0 fully saturated rings. The average Bonchev–Trinajstić information content (AvgIpc) is 2.51. The zero-order valence-electron chi connectivity index (χ0n) is 13.5. The van der Waals surface area contributed by atoms with Gasteiger partial charge in [-0.1, -0.05) is 13.8 Å². The van der Waals surface area contributed by atoms with Gasteiger partial charge in [0.05, 0.1) is 18.4 Å². The van der Waals surface area contributed by atoms with E-state index in [1.807, 2.05) is 0 Å². The molecule has 25 heavy (non-hydrogen) atoms. The maximum absolute atomic E-state index is 14.3. The summed E-state index contributed by atoms with van der Waals surface area (Å²) in [5, 5.41) is 14.7. The Hall–Kier alpha value is -2.35. The average molecular weight is 356 g/mol. The number of halogens is 4. The smallest absolute Gasteiger partial charge is 0.426 e. The van der Waals surface area contributed by atoms with Gasteiger partial charge in [0.2, 0.25) is 5.60 Å². The van der Waals surface area contributed by atoms with E-state index in [4.69, 9.17) is 4.74 Å². The van der Waals surface area contributed by atoms with Crippen molar-refractivity contribution < 1.29 is 27.0 Å². The Morgan fingerprint density at radius 2 is 1.96 bits per heavy atom. The first-order valence-corrected chi connectivity index (χ1v) is 7.67. The molecule has 0 spiro atoms. The highest BCUT2D eigenvalue weighted by Gasteiger charge is 2.64. The summed E-state index contributed by atoms with van der Waals surface area (Å²) in [4.78, 5) is 0. The van der Waals surface area contributed by atoms with Gasteiger partial charge in [-0.3, -0.25) is 0 Å². The molecular formula is C17H16F4N2O2. The standard InChI is InChI=1S/C17H16F4N2O2/c1-10(2)9-25-16(17(19,20)21)12-4-3-7-23(24)15(12)22-14-6-5-11(18)8-13(14)16/h3-8,10,22H,9H2,1-2H3. The number of fused-ring (bicyclic) bond motifs is 2. The molecule has 0 amide bonds. The molecule has 1 unspecified atom stereocenters. The van der Waals surface area contributed by atoms with Crippen molar-refractivity contribution >= 4 is 11.5 Å². The highest BCUT2D eigenvalue weighted by Crippen LogP contribution is 2.54. The molecule has 3 rings (SSSR count). The van der Waals surface area contributed by atoms with E-state index in [0.29, 0.717) is 4.73 Å². The van der Waals surface area contributed by atoms with Crippen LogP contribution in [0, 0.1) is 16.9 Å². The number of alkyl halides is 3. The molecule has 1 atom stereocenters. The molecule has 1 aliphatic rings. The minimum absolute atomic E-state index is 0.0224. The predicted molar refractivity (Wildman–Crippen MR) is 82.7 cm³/mol. The summed E-state index contributed by atoms with van der Waals surface area (Å²) < 4.78 is 62.3. The summed E-state index contributed by atoms with van der Waals surface area (Å²) in [6.45, 7) is 3.19. The molecule has 0 saturated heterocycles. The fraction of sp³-hybridized carbons (Fsp3) is 0.353. The number of anilines is 2. The fourth-order valence-corrected chi connectivity index (χ4v) is 2.92. The van der Waals surface area contributed by atoms with Crippen LogP contribution in [0.1, 0.15) is 25.0 Å². The van der Waals surface area contributed by atoms with Crippen LogP contribution in [0.5, 0.6) is 0 Å². The van der Waals surface area contributed by atoms with Crippen molar-refractivity contribution in [2.75, 3.05) is 11.9 Å². The normalized spacial score (nSPS) is 19.3. The van der Waals surface area contributed by atoms with Crippen molar-refractivity contribution in [2.45, 2.75) is 25.6 Å². The number of aromatic nitrogens is 1. The van der Waals surface area contributed by atoms with Crippen molar-refractivity contribution in [1.82, 2.24) is 0 Å². The van der Waals surface area contributed by atoms with Crippen LogP contribution in [0.4, 0.5) is 29.1 Å². The van der Waals surface area contributed by atoms with Crippen LogP contribution in [0.3, 0.4) is 0 Å². The Bertz CT molecular complexity index is 804. The Morgan fingerprint density at radius 1 is 1.24 bits per heavy atom. The van der Waals surface area contributed by atoms with Gasteiger partial charge < -0.3 is 9.94 Å². The van der Waals surface area contributed by atoms with Crippen LogP contribution in [0.25, 0.3) is 0 Å². The summed E-state index contributed by atoms with van der Waals surface area (Å²) in [5.41, 5.74) is -3.75. The van der Waals surface area contributed by atoms with Gasteiger partial charge in [-0.15, -0.1) is 0 Å². The minimum atomic E-state index is -4.91. The Balaban J connectivity index is 2.35. The first-order chi connectivity index (χ1) is 11.7. The largest absolute Gasteiger partial charge is 0.711 e. The monoisotopic (exact) mass is 356 g/mol. The van der Waals surface area contributed by atoms with Crippen LogP contribution in [0.15, 0.2) is 36.5 Å². The van der Waals surface area contributed by atoms with E-state index >= 15 is 0 Å². The molecule has 8 heteroatoms. The molecule has 2 aromatic rings. The SMILES string of the molecule is CC(C)COC1(C(F)(F)F)c2cc(F)ccc2Nc2c1ccc[n+]2[O-]. The zero-order chi connectivity index (χ0) is 18.4. The third-order valence-electron chi connectivity index (χ3n) is 3.99. The van der Waals surface area contributed by atoms with Gasteiger partial charge >= 0.3 is 6.18 Å². The third kappa shape index (κ3) is 2.70. The van der Waals surface area contributed by atoms with Crippen LogP contribution >= 0.6 is 0 Å². The molecule has 0 saturated carbocycles. The van der Waals surface area contributed by atoms with Gasteiger partial charge in [0.1, 0.15) is 11.5 Å². The van der Waals surface area contributed by atoms with Crippen LogP contribution in [-0.2, 0) is 10.3 Å². The minimum Gasteiger partial charge on any atom is -0.711 e. The highest BCUT2D eigenvalue weighted by atomic mass is 19.4. The van der Waals surface area contributed by atoms with Gasteiger partial charge in [0.15, 0.2) is 0 Å². The maximum atomic E-state index is 14.3. The van der Waals surface area contributed by atoms with Crippen molar-refractivity contribution in [3.63, 3.8) is 0 Å². The van der Waals surface area contributed by atoms with Gasteiger partial charge in [-0.25, -0.2) is 14.4 Å². The van der Waals surface area contributed by atoms with Crippen molar-refractivity contribution in [1.29, 1.82) is 0 Å². The van der Waals surface area contributed by atoms with Crippen LogP contribution in [0.2, 0.25) is 0 Å². The summed E-state index contributed by atoms with van der Waals surface area (Å²) in [6, 6.07) is 5.36. The van der Waals surface area contributed by atoms with Crippen molar-refractivity contribution in [3.05, 3.63) is 58.7 Å². The third-order valence-corrected chi connectivity index (χ3v) is 3.99. The van der Waals surface area contributed by atoms with E-state index in [1.165, 1.54) is 18.2 Å². The number of ether oxygens (including phenoxy) is 1. The molecule has 1 aromatic heterocycles. The number of rotatable bonds is 3. The molecule has 0 radical (unpaired) electrons. The Labute approximate surface area is 141 Å². The highest BCUT2D eigenvalue weighted by molar-refractivity contribution is 5.71. The van der Waals surface area contributed by atoms with Crippen LogP contribution in [-0.4, -0.2) is 12.8 Å². The number of hydrogen-bond acceptors (Lipinski definition) is 3. The molecule has 1 N–H and O–H groups in total. The van der Waals surface area contributed by atoms with Gasteiger partial charge in [0.25, 0.3) is 5.82 Å². The second-order valence-electron chi connectivity index (χ2n) is 6.29. The second kappa shape index (κ2) is 5.87. The summed E-state index contributed by atoms with van der Waals surface area (Å²) in [7, 11) is 0. The summed E-state index contributed by atoms with van der Waals surface area (Å²) in [5.74, 6) is -1.31. The van der Waals surface area contributed by atoms with Gasteiger partial charge in [-0.2, -0.15) is 13.2 Å². The zero-order valence-corrected chi connectivity index (χ0v) is 13.5. The molecule has 1 aliphatic heterocycles. The maximum Gasteiger partial charge on any atom is 0.426 e. The first kappa shape index (κ1) is 17.5. The number of nitrogens with one attached hydrogen (secondary N) is 1. The molecule has 2 heterocycles. The number of nitrogens with zero attached hydrogens (tertiary/aromatic N) is 1. The number of pyridine rings is 1. The molecule has 134 valence electrons. The van der Waals surface area contributed by atoms with Gasteiger partial charge in [0, 0.05) is 5.56 Å². The number of hydrogen-bond donors (Lipinski definition) is 1. The first-order valence-electron chi connectivity index (χ1n) is 7.67. The second-order valence-corrected chi connectivity index (χ2v) is 6.29. The van der Waals surface area contributed by atoms with E-state index in [2.05, 4.69) is 5.32 Å².